The molecule has 7 nitrogen and oxygen atoms in total. The highest BCUT2D eigenvalue weighted by Crippen LogP contribution is 2.19. The Kier molecular flexibility index (Phi) is 4.18. The Bertz CT molecular complexity index is 730. The Morgan fingerprint density at radius 3 is 2.91 bits per heavy atom. The Hall–Kier alpha value is -2.96. The average molecular weight is 312 g/mol. The van der Waals surface area contributed by atoms with Gasteiger partial charge in [-0.25, -0.2) is 9.78 Å². The smallest absolute Gasteiger partial charge is 0.414 e. The lowest BCUT2D eigenvalue weighted by molar-refractivity contribution is 0.0945. The molecule has 0 radical (unpaired) electrons. The lowest BCUT2D eigenvalue weighted by atomic mass is 10.2. The normalized spacial score (nSPS) is 13.8. The Balaban J connectivity index is 1.65. The first-order valence-electron chi connectivity index (χ1n) is 7.23. The minimum Gasteiger partial charge on any atom is -0.447 e. The van der Waals surface area contributed by atoms with Gasteiger partial charge >= 0.3 is 6.09 Å². The highest BCUT2D eigenvalue weighted by atomic mass is 16.6. The number of carbonyl (C=O) groups excluding carboxylic acids is 2. The van der Waals surface area contributed by atoms with E-state index >= 15 is 0 Å². The number of carbonyl (C=O) groups is 2. The molecule has 0 bridgehead atoms. The van der Waals surface area contributed by atoms with E-state index < -0.39 is 0 Å². The van der Waals surface area contributed by atoms with Crippen molar-refractivity contribution in [1.82, 2.24) is 15.3 Å². The summed E-state index contributed by atoms with van der Waals surface area (Å²) in [6, 6.07) is 7.41. The lowest BCUT2D eigenvalue weighted by Crippen LogP contribution is -2.25. The van der Waals surface area contributed by atoms with Crippen LogP contribution in [0.25, 0.3) is 0 Å². The quantitative estimate of drug-likeness (QED) is 0.928. The molecule has 1 aromatic carbocycles. The number of hydrogen-bond donors (Lipinski definition) is 1. The fourth-order valence-corrected chi connectivity index (χ4v) is 2.25. The molecule has 2 aromatic rings. The Labute approximate surface area is 133 Å². The van der Waals surface area contributed by atoms with E-state index in [2.05, 4.69) is 15.3 Å². The second-order valence-corrected chi connectivity index (χ2v) is 5.16. The van der Waals surface area contributed by atoms with Crippen molar-refractivity contribution in [3.63, 3.8) is 0 Å². The van der Waals surface area contributed by atoms with Crippen LogP contribution in [0.3, 0.4) is 0 Å². The van der Waals surface area contributed by atoms with Crippen LogP contribution >= 0.6 is 0 Å². The first-order valence-corrected chi connectivity index (χ1v) is 7.23. The van der Waals surface area contributed by atoms with Crippen molar-refractivity contribution in [2.75, 3.05) is 18.1 Å². The van der Waals surface area contributed by atoms with E-state index in [1.807, 2.05) is 31.2 Å². The number of cyclic esters (lactones) is 1. The molecule has 3 rings (SSSR count). The maximum atomic E-state index is 12.0. The molecule has 1 fully saturated rings. The SMILES string of the molecule is Cc1cnc(C(=O)NCc2cccc(N3CCOC3=O)c2)cn1. The van der Waals surface area contributed by atoms with Gasteiger partial charge in [0.05, 0.1) is 18.4 Å². The summed E-state index contributed by atoms with van der Waals surface area (Å²) in [5, 5.41) is 2.79. The molecule has 0 spiro atoms. The topological polar surface area (TPSA) is 84.4 Å². The summed E-state index contributed by atoms with van der Waals surface area (Å²) in [5.41, 5.74) is 2.67. The second-order valence-electron chi connectivity index (χ2n) is 5.16. The van der Waals surface area contributed by atoms with Crippen molar-refractivity contribution in [2.45, 2.75) is 13.5 Å². The molecule has 1 aromatic heterocycles. The summed E-state index contributed by atoms with van der Waals surface area (Å²) in [6.45, 7) is 3.08. The van der Waals surface area contributed by atoms with Crippen LogP contribution in [-0.4, -0.2) is 35.1 Å². The average Bonchev–Trinajstić information content (AvgIpc) is 3.00. The van der Waals surface area contributed by atoms with Crippen molar-refractivity contribution in [1.29, 1.82) is 0 Å². The zero-order chi connectivity index (χ0) is 16.2. The molecule has 2 amide bonds. The number of hydrogen-bond acceptors (Lipinski definition) is 5. The van der Waals surface area contributed by atoms with Gasteiger partial charge < -0.3 is 10.1 Å². The van der Waals surface area contributed by atoms with Crippen molar-refractivity contribution in [2.24, 2.45) is 0 Å². The molecule has 7 heteroatoms. The second kappa shape index (κ2) is 6.43. The van der Waals surface area contributed by atoms with Gasteiger partial charge in [-0.15, -0.1) is 0 Å². The van der Waals surface area contributed by atoms with Crippen LogP contribution in [0.15, 0.2) is 36.7 Å². The summed E-state index contributed by atoms with van der Waals surface area (Å²) in [5.74, 6) is -0.288. The third-order valence-corrected chi connectivity index (χ3v) is 3.45. The van der Waals surface area contributed by atoms with Gasteiger partial charge in [-0.2, -0.15) is 0 Å². The Morgan fingerprint density at radius 2 is 2.22 bits per heavy atom. The lowest BCUT2D eigenvalue weighted by Gasteiger charge is -2.14. The number of rotatable bonds is 4. The number of nitrogens with one attached hydrogen (secondary N) is 1. The zero-order valence-electron chi connectivity index (χ0n) is 12.7. The van der Waals surface area contributed by atoms with Crippen molar-refractivity contribution >= 4 is 17.7 Å². The van der Waals surface area contributed by atoms with Crippen molar-refractivity contribution in [3.8, 4) is 0 Å². The van der Waals surface area contributed by atoms with Crippen LogP contribution in [0.1, 0.15) is 21.7 Å². The van der Waals surface area contributed by atoms with Gasteiger partial charge in [-0.05, 0) is 24.6 Å². The van der Waals surface area contributed by atoms with Gasteiger partial charge in [0.15, 0.2) is 0 Å². The predicted molar refractivity (Wildman–Crippen MR) is 83.1 cm³/mol. The summed E-state index contributed by atoms with van der Waals surface area (Å²) in [4.78, 5) is 33.3. The summed E-state index contributed by atoms with van der Waals surface area (Å²) < 4.78 is 4.93. The third-order valence-electron chi connectivity index (χ3n) is 3.45. The molecular weight excluding hydrogens is 296 g/mol. The largest absolute Gasteiger partial charge is 0.447 e. The van der Waals surface area contributed by atoms with Gasteiger partial charge in [0.1, 0.15) is 12.3 Å². The number of aryl methyl sites for hydroxylation is 1. The molecule has 0 saturated carbocycles. The first-order chi connectivity index (χ1) is 11.1. The van der Waals surface area contributed by atoms with Crippen LogP contribution in [0.2, 0.25) is 0 Å². The van der Waals surface area contributed by atoms with Gasteiger partial charge in [0.25, 0.3) is 5.91 Å². The van der Waals surface area contributed by atoms with Crippen LogP contribution in [0, 0.1) is 6.92 Å². The first kappa shape index (κ1) is 15.0. The number of amides is 2. The molecule has 0 unspecified atom stereocenters. The van der Waals surface area contributed by atoms with Gasteiger partial charge in [0.2, 0.25) is 0 Å². The highest BCUT2D eigenvalue weighted by Gasteiger charge is 2.23. The van der Waals surface area contributed by atoms with E-state index in [0.717, 1.165) is 16.9 Å². The minimum absolute atomic E-state index is 0.273. The minimum atomic E-state index is -0.346. The summed E-state index contributed by atoms with van der Waals surface area (Å²) in [7, 11) is 0. The number of ether oxygens (including phenoxy) is 1. The van der Waals surface area contributed by atoms with E-state index in [-0.39, 0.29) is 17.7 Å². The fourth-order valence-electron chi connectivity index (χ4n) is 2.25. The van der Waals surface area contributed by atoms with Crippen LogP contribution in [-0.2, 0) is 11.3 Å². The number of anilines is 1. The predicted octanol–water partition coefficient (Wildman–Crippen LogP) is 1.67. The van der Waals surface area contributed by atoms with Crippen LogP contribution in [0.5, 0.6) is 0 Å². The molecule has 1 saturated heterocycles. The molecule has 1 aliphatic heterocycles. The fraction of sp³-hybridized carbons (Fsp3) is 0.250. The maximum absolute atomic E-state index is 12.0. The molecule has 118 valence electrons. The summed E-state index contributed by atoms with van der Waals surface area (Å²) >= 11 is 0. The van der Waals surface area contributed by atoms with E-state index in [9.17, 15) is 9.59 Å². The molecule has 0 atom stereocenters. The number of aromatic nitrogens is 2. The Morgan fingerprint density at radius 1 is 1.35 bits per heavy atom. The van der Waals surface area contributed by atoms with Crippen molar-refractivity contribution < 1.29 is 14.3 Å². The monoisotopic (exact) mass is 312 g/mol. The zero-order valence-corrected chi connectivity index (χ0v) is 12.7. The number of benzene rings is 1. The van der Waals surface area contributed by atoms with Gasteiger partial charge in [-0.1, -0.05) is 12.1 Å². The van der Waals surface area contributed by atoms with Gasteiger partial charge in [-0.3, -0.25) is 14.7 Å². The van der Waals surface area contributed by atoms with E-state index in [1.54, 1.807) is 11.1 Å². The molecule has 0 aliphatic carbocycles. The van der Waals surface area contributed by atoms with E-state index in [4.69, 9.17) is 4.74 Å². The van der Waals surface area contributed by atoms with E-state index in [0.29, 0.717) is 19.7 Å². The molecule has 23 heavy (non-hydrogen) atoms. The maximum Gasteiger partial charge on any atom is 0.414 e. The summed E-state index contributed by atoms with van der Waals surface area (Å²) in [6.07, 6.45) is 2.65. The molecular formula is C16H16N4O3. The van der Waals surface area contributed by atoms with E-state index in [1.165, 1.54) is 6.20 Å². The number of nitrogens with zero attached hydrogens (tertiary/aromatic N) is 3. The van der Waals surface area contributed by atoms with Gasteiger partial charge in [0, 0.05) is 18.4 Å². The standard InChI is InChI=1S/C16H16N4O3/c1-11-8-18-14(10-17-11)15(21)19-9-12-3-2-4-13(7-12)20-5-6-23-16(20)22/h2-4,7-8,10H,5-6,9H2,1H3,(H,19,21). The van der Waals surface area contributed by atoms with Crippen molar-refractivity contribution in [3.05, 3.63) is 53.6 Å². The third kappa shape index (κ3) is 3.45. The van der Waals surface area contributed by atoms with Crippen LogP contribution < -0.4 is 10.2 Å². The molecule has 2 heterocycles. The molecule has 1 N–H and O–H groups in total. The van der Waals surface area contributed by atoms with Crippen LogP contribution in [0.4, 0.5) is 10.5 Å². The highest BCUT2D eigenvalue weighted by molar-refractivity contribution is 5.92. The molecule has 1 aliphatic rings.